The van der Waals surface area contributed by atoms with Crippen LogP contribution in [0.5, 0.6) is 5.75 Å². The molecule has 0 heterocycles. The number of rotatable bonds is 5. The Morgan fingerprint density at radius 3 is 2.81 bits per heavy atom. The molecule has 2 atom stereocenters. The molecule has 1 saturated carbocycles. The van der Waals surface area contributed by atoms with Crippen molar-refractivity contribution in [1.29, 1.82) is 0 Å². The second-order valence-electron chi connectivity index (χ2n) is 5.24. The second-order valence-corrected chi connectivity index (χ2v) is 5.24. The van der Waals surface area contributed by atoms with E-state index in [-0.39, 0.29) is 29.1 Å². The van der Waals surface area contributed by atoms with E-state index in [1.165, 1.54) is 19.2 Å². The fourth-order valence-corrected chi connectivity index (χ4v) is 2.84. The number of amides is 1. The van der Waals surface area contributed by atoms with Crippen LogP contribution >= 0.6 is 0 Å². The monoisotopic (exact) mass is 292 g/mol. The SMILES string of the molecule is COc1cc(NC(=O)C2CCCC2CN)ccc1C(=O)O. The van der Waals surface area contributed by atoms with Crippen molar-refractivity contribution in [3.8, 4) is 5.75 Å². The summed E-state index contributed by atoms with van der Waals surface area (Å²) in [4.78, 5) is 23.3. The molecule has 0 radical (unpaired) electrons. The number of hydrogen-bond acceptors (Lipinski definition) is 4. The van der Waals surface area contributed by atoms with Gasteiger partial charge in [0.15, 0.2) is 0 Å². The Morgan fingerprint density at radius 1 is 1.43 bits per heavy atom. The summed E-state index contributed by atoms with van der Waals surface area (Å²) in [6, 6.07) is 4.51. The highest BCUT2D eigenvalue weighted by atomic mass is 16.5. The maximum absolute atomic E-state index is 12.3. The third-order valence-corrected chi connectivity index (χ3v) is 4.00. The van der Waals surface area contributed by atoms with Crippen molar-refractivity contribution in [2.75, 3.05) is 19.0 Å². The molecular formula is C15H20N2O4. The van der Waals surface area contributed by atoms with Crippen molar-refractivity contribution >= 4 is 17.6 Å². The van der Waals surface area contributed by atoms with Gasteiger partial charge in [0.05, 0.1) is 7.11 Å². The van der Waals surface area contributed by atoms with Gasteiger partial charge in [-0.15, -0.1) is 0 Å². The minimum Gasteiger partial charge on any atom is -0.496 e. The fraction of sp³-hybridized carbons (Fsp3) is 0.467. The van der Waals surface area contributed by atoms with Crippen molar-refractivity contribution < 1.29 is 19.4 Å². The first-order chi connectivity index (χ1) is 10.1. The first-order valence-electron chi connectivity index (χ1n) is 6.99. The van der Waals surface area contributed by atoms with Gasteiger partial charge in [-0.2, -0.15) is 0 Å². The van der Waals surface area contributed by atoms with E-state index in [9.17, 15) is 9.59 Å². The quantitative estimate of drug-likeness (QED) is 0.766. The zero-order valence-corrected chi connectivity index (χ0v) is 12.0. The molecule has 0 aliphatic heterocycles. The number of carboxylic acid groups (broad SMARTS) is 1. The smallest absolute Gasteiger partial charge is 0.339 e. The molecule has 4 N–H and O–H groups in total. The second kappa shape index (κ2) is 6.58. The van der Waals surface area contributed by atoms with Gasteiger partial charge in [-0.1, -0.05) is 6.42 Å². The van der Waals surface area contributed by atoms with Gasteiger partial charge in [0.25, 0.3) is 0 Å². The number of anilines is 1. The number of nitrogens with one attached hydrogen (secondary N) is 1. The van der Waals surface area contributed by atoms with Crippen molar-refractivity contribution in [3.05, 3.63) is 23.8 Å². The van der Waals surface area contributed by atoms with E-state index in [0.717, 1.165) is 19.3 Å². The van der Waals surface area contributed by atoms with Crippen LogP contribution in [-0.2, 0) is 4.79 Å². The highest BCUT2D eigenvalue weighted by molar-refractivity contribution is 5.95. The standard InChI is InChI=1S/C15H20N2O4/c1-21-13-7-10(5-6-12(13)15(19)20)17-14(18)11-4-2-3-9(11)8-16/h5-7,9,11H,2-4,8,16H2,1H3,(H,17,18)(H,19,20). The lowest BCUT2D eigenvalue weighted by atomic mass is 9.95. The molecular weight excluding hydrogens is 272 g/mol. The van der Waals surface area contributed by atoms with Crippen molar-refractivity contribution in [2.45, 2.75) is 19.3 Å². The molecule has 6 heteroatoms. The fourth-order valence-electron chi connectivity index (χ4n) is 2.84. The molecule has 1 amide bonds. The number of benzene rings is 1. The molecule has 0 spiro atoms. The summed E-state index contributed by atoms with van der Waals surface area (Å²) in [7, 11) is 1.40. The van der Waals surface area contributed by atoms with Crippen LogP contribution in [-0.4, -0.2) is 30.6 Å². The largest absolute Gasteiger partial charge is 0.496 e. The first kappa shape index (κ1) is 15.3. The minimum absolute atomic E-state index is 0.0620. The van der Waals surface area contributed by atoms with Gasteiger partial charge in [0.2, 0.25) is 5.91 Å². The van der Waals surface area contributed by atoms with Gasteiger partial charge >= 0.3 is 5.97 Å². The molecule has 114 valence electrons. The number of carbonyl (C=O) groups excluding carboxylic acids is 1. The highest BCUT2D eigenvalue weighted by Gasteiger charge is 2.32. The minimum atomic E-state index is -1.07. The Kier molecular flexibility index (Phi) is 4.80. The van der Waals surface area contributed by atoms with E-state index in [4.69, 9.17) is 15.6 Å². The van der Waals surface area contributed by atoms with Crippen molar-refractivity contribution in [2.24, 2.45) is 17.6 Å². The zero-order valence-electron chi connectivity index (χ0n) is 12.0. The van der Waals surface area contributed by atoms with Crippen LogP contribution in [0.3, 0.4) is 0 Å². The predicted octanol–water partition coefficient (Wildman–Crippen LogP) is 1.71. The highest BCUT2D eigenvalue weighted by Crippen LogP contribution is 2.32. The van der Waals surface area contributed by atoms with Gasteiger partial charge in [-0.25, -0.2) is 4.79 Å². The number of carbonyl (C=O) groups is 2. The van der Waals surface area contributed by atoms with Crippen LogP contribution in [0.25, 0.3) is 0 Å². The molecule has 6 nitrogen and oxygen atoms in total. The van der Waals surface area contributed by atoms with E-state index < -0.39 is 5.97 Å². The Labute approximate surface area is 123 Å². The average molecular weight is 292 g/mol. The molecule has 0 aromatic heterocycles. The molecule has 21 heavy (non-hydrogen) atoms. The number of hydrogen-bond donors (Lipinski definition) is 3. The predicted molar refractivity (Wildman–Crippen MR) is 78.5 cm³/mol. The first-order valence-corrected chi connectivity index (χ1v) is 6.99. The van der Waals surface area contributed by atoms with E-state index in [2.05, 4.69) is 5.32 Å². The third-order valence-electron chi connectivity index (χ3n) is 4.00. The van der Waals surface area contributed by atoms with Crippen LogP contribution in [0.15, 0.2) is 18.2 Å². The molecule has 0 bridgehead atoms. The molecule has 1 aromatic carbocycles. The Bertz CT molecular complexity index is 544. The average Bonchev–Trinajstić information content (AvgIpc) is 2.95. The van der Waals surface area contributed by atoms with E-state index in [1.54, 1.807) is 6.07 Å². The number of carboxylic acids is 1. The van der Waals surface area contributed by atoms with Gasteiger partial charge in [-0.05, 0) is 37.4 Å². The summed E-state index contributed by atoms with van der Waals surface area (Å²) >= 11 is 0. The number of aromatic carboxylic acids is 1. The van der Waals surface area contributed by atoms with E-state index >= 15 is 0 Å². The van der Waals surface area contributed by atoms with Crippen molar-refractivity contribution in [1.82, 2.24) is 0 Å². The van der Waals surface area contributed by atoms with E-state index in [1.807, 2.05) is 0 Å². The molecule has 1 aromatic rings. The number of nitrogens with two attached hydrogens (primary N) is 1. The molecule has 1 aliphatic rings. The number of ether oxygens (including phenoxy) is 1. The molecule has 2 unspecified atom stereocenters. The van der Waals surface area contributed by atoms with Gasteiger partial charge in [-0.3, -0.25) is 4.79 Å². The summed E-state index contributed by atoms with van der Waals surface area (Å²) < 4.78 is 5.04. The number of methoxy groups -OCH3 is 1. The van der Waals surface area contributed by atoms with Crippen LogP contribution in [0.1, 0.15) is 29.6 Å². The van der Waals surface area contributed by atoms with Crippen molar-refractivity contribution in [3.63, 3.8) is 0 Å². The van der Waals surface area contributed by atoms with Gasteiger partial charge < -0.3 is 20.9 Å². The van der Waals surface area contributed by atoms with Crippen LogP contribution in [0.2, 0.25) is 0 Å². The summed E-state index contributed by atoms with van der Waals surface area (Å²) in [5.74, 6) is -0.746. The molecule has 1 fully saturated rings. The van der Waals surface area contributed by atoms with Crippen LogP contribution in [0, 0.1) is 11.8 Å². The third kappa shape index (κ3) is 3.33. The van der Waals surface area contributed by atoms with Crippen LogP contribution in [0.4, 0.5) is 5.69 Å². The maximum Gasteiger partial charge on any atom is 0.339 e. The lowest BCUT2D eigenvalue weighted by Crippen LogP contribution is -2.29. The lowest BCUT2D eigenvalue weighted by Gasteiger charge is -2.17. The summed E-state index contributed by atoms with van der Waals surface area (Å²) in [6.45, 7) is 0.513. The summed E-state index contributed by atoms with van der Waals surface area (Å²) in [5, 5.41) is 11.8. The maximum atomic E-state index is 12.3. The molecule has 1 aliphatic carbocycles. The van der Waals surface area contributed by atoms with Gasteiger partial charge in [0.1, 0.15) is 11.3 Å². The van der Waals surface area contributed by atoms with Gasteiger partial charge in [0, 0.05) is 17.7 Å². The van der Waals surface area contributed by atoms with Crippen LogP contribution < -0.4 is 15.8 Å². The van der Waals surface area contributed by atoms with E-state index in [0.29, 0.717) is 12.2 Å². The molecule has 2 rings (SSSR count). The Balaban J connectivity index is 2.12. The Morgan fingerprint density at radius 2 is 2.19 bits per heavy atom. The summed E-state index contributed by atoms with van der Waals surface area (Å²) in [5.41, 5.74) is 6.29. The topological polar surface area (TPSA) is 102 Å². The zero-order chi connectivity index (χ0) is 15.4. The molecule has 0 saturated heterocycles. The lowest BCUT2D eigenvalue weighted by molar-refractivity contribution is -0.120. The Hall–Kier alpha value is -2.08. The summed E-state index contributed by atoms with van der Waals surface area (Å²) in [6.07, 6.45) is 2.84. The normalized spacial score (nSPS) is 21.0.